The van der Waals surface area contributed by atoms with Crippen LogP contribution >= 0.6 is 11.8 Å². The van der Waals surface area contributed by atoms with Gasteiger partial charge < -0.3 is 10.7 Å². The maximum atomic E-state index is 12.5. The molecule has 0 aliphatic carbocycles. The second-order valence-corrected chi connectivity index (χ2v) is 4.79. The van der Waals surface area contributed by atoms with Gasteiger partial charge in [0.2, 0.25) is 0 Å². The highest BCUT2D eigenvalue weighted by atomic mass is 32.2. The van der Waals surface area contributed by atoms with Gasteiger partial charge in [-0.2, -0.15) is 8.78 Å². The minimum absolute atomic E-state index is 0.0160. The molecule has 110 valence electrons. The Bertz CT molecular complexity index is 641. The van der Waals surface area contributed by atoms with E-state index in [1.165, 1.54) is 24.5 Å². The minimum atomic E-state index is -2.58. The van der Waals surface area contributed by atoms with Crippen LogP contribution in [0.1, 0.15) is 10.5 Å². The molecule has 21 heavy (non-hydrogen) atoms. The first-order valence-electron chi connectivity index (χ1n) is 5.74. The number of benzene rings is 1. The van der Waals surface area contributed by atoms with E-state index in [9.17, 15) is 13.6 Å². The smallest absolute Gasteiger partial charge is 0.288 e. The van der Waals surface area contributed by atoms with Gasteiger partial charge in [-0.05, 0) is 12.1 Å². The van der Waals surface area contributed by atoms with Crippen molar-refractivity contribution in [3.63, 3.8) is 0 Å². The third-order valence-electron chi connectivity index (χ3n) is 2.37. The van der Waals surface area contributed by atoms with E-state index in [1.807, 2.05) is 0 Å². The van der Waals surface area contributed by atoms with E-state index in [2.05, 4.69) is 20.7 Å². The molecule has 0 saturated carbocycles. The number of nitrogens with two attached hydrogens (primary N) is 1. The number of aromatic nitrogens is 2. The number of carbonyl (C=O) groups excluding carboxylic acids is 1. The number of halogens is 2. The molecule has 1 aromatic heterocycles. The van der Waals surface area contributed by atoms with Gasteiger partial charge in [0.05, 0.1) is 18.1 Å². The molecule has 0 atom stereocenters. The largest absolute Gasteiger partial charge is 0.320 e. The SMILES string of the molecule is NNc1cncc(C(=O)Nc2ccccc2SC(F)F)n1. The minimum Gasteiger partial charge on any atom is -0.320 e. The predicted molar refractivity (Wildman–Crippen MR) is 76.1 cm³/mol. The number of amides is 1. The number of rotatable bonds is 5. The first-order valence-corrected chi connectivity index (χ1v) is 6.62. The number of hydrazine groups is 1. The van der Waals surface area contributed by atoms with Crippen LogP contribution in [0, 0.1) is 0 Å². The summed E-state index contributed by atoms with van der Waals surface area (Å²) >= 11 is 0.353. The number of carbonyl (C=O) groups is 1. The average Bonchev–Trinajstić information content (AvgIpc) is 2.48. The molecule has 0 bridgehead atoms. The van der Waals surface area contributed by atoms with Gasteiger partial charge in [0.25, 0.3) is 11.7 Å². The van der Waals surface area contributed by atoms with Crippen molar-refractivity contribution >= 4 is 29.2 Å². The maximum Gasteiger partial charge on any atom is 0.288 e. The molecule has 1 aromatic carbocycles. The van der Waals surface area contributed by atoms with E-state index in [-0.39, 0.29) is 22.1 Å². The van der Waals surface area contributed by atoms with Gasteiger partial charge in [-0.15, -0.1) is 0 Å². The van der Waals surface area contributed by atoms with Gasteiger partial charge in [0.1, 0.15) is 5.69 Å². The Kier molecular flexibility index (Phi) is 5.01. The highest BCUT2D eigenvalue weighted by Gasteiger charge is 2.14. The predicted octanol–water partition coefficient (Wildman–Crippen LogP) is 2.33. The van der Waals surface area contributed by atoms with Gasteiger partial charge in [-0.1, -0.05) is 23.9 Å². The number of nitrogen functional groups attached to an aromatic ring is 1. The van der Waals surface area contributed by atoms with E-state index in [4.69, 9.17) is 5.84 Å². The zero-order chi connectivity index (χ0) is 15.2. The summed E-state index contributed by atoms with van der Waals surface area (Å²) in [5, 5.41) is 2.52. The lowest BCUT2D eigenvalue weighted by Gasteiger charge is -2.10. The fourth-order valence-electron chi connectivity index (χ4n) is 1.50. The monoisotopic (exact) mass is 311 g/mol. The number of anilines is 2. The normalized spacial score (nSPS) is 10.5. The number of hydrogen-bond donors (Lipinski definition) is 3. The molecule has 1 heterocycles. The quantitative estimate of drug-likeness (QED) is 0.446. The first-order chi connectivity index (χ1) is 10.1. The Morgan fingerprint density at radius 3 is 2.76 bits per heavy atom. The molecule has 0 aliphatic rings. The lowest BCUT2D eigenvalue weighted by Crippen LogP contribution is -2.17. The lowest BCUT2D eigenvalue weighted by atomic mass is 10.3. The number of alkyl halides is 2. The van der Waals surface area contributed by atoms with Crippen LogP contribution in [-0.2, 0) is 0 Å². The number of nitrogens with one attached hydrogen (secondary N) is 2. The Hall–Kier alpha value is -2.26. The van der Waals surface area contributed by atoms with Crippen molar-refractivity contribution in [1.82, 2.24) is 9.97 Å². The van der Waals surface area contributed by atoms with Crippen LogP contribution in [0.5, 0.6) is 0 Å². The van der Waals surface area contributed by atoms with Crippen LogP contribution < -0.4 is 16.6 Å². The van der Waals surface area contributed by atoms with Gasteiger partial charge in [0.15, 0.2) is 5.82 Å². The Morgan fingerprint density at radius 1 is 1.29 bits per heavy atom. The summed E-state index contributed by atoms with van der Waals surface area (Å²) in [7, 11) is 0. The highest BCUT2D eigenvalue weighted by molar-refractivity contribution is 7.99. The molecular weight excluding hydrogens is 300 g/mol. The summed E-state index contributed by atoms with van der Waals surface area (Å²) in [5.74, 6) is 2.26. The fourth-order valence-corrected chi connectivity index (χ4v) is 2.10. The summed E-state index contributed by atoms with van der Waals surface area (Å²) < 4.78 is 24.9. The van der Waals surface area contributed by atoms with Crippen LogP contribution in [0.15, 0.2) is 41.6 Å². The Labute approximate surface area is 123 Å². The van der Waals surface area contributed by atoms with Crippen molar-refractivity contribution in [3.05, 3.63) is 42.4 Å². The van der Waals surface area contributed by atoms with E-state index in [0.717, 1.165) is 0 Å². The molecule has 0 spiro atoms. The fraction of sp³-hybridized carbons (Fsp3) is 0.0833. The molecule has 0 aliphatic heterocycles. The molecule has 0 unspecified atom stereocenters. The van der Waals surface area contributed by atoms with Gasteiger partial charge in [-0.25, -0.2) is 10.8 Å². The van der Waals surface area contributed by atoms with Crippen molar-refractivity contribution in [2.45, 2.75) is 10.7 Å². The number of para-hydroxylation sites is 1. The van der Waals surface area contributed by atoms with Crippen LogP contribution in [-0.4, -0.2) is 21.6 Å². The third-order valence-corrected chi connectivity index (χ3v) is 3.15. The van der Waals surface area contributed by atoms with E-state index in [0.29, 0.717) is 11.8 Å². The number of hydrogen-bond acceptors (Lipinski definition) is 6. The number of thioether (sulfide) groups is 1. The maximum absolute atomic E-state index is 12.5. The van der Waals surface area contributed by atoms with E-state index < -0.39 is 11.7 Å². The van der Waals surface area contributed by atoms with Crippen molar-refractivity contribution < 1.29 is 13.6 Å². The molecule has 2 rings (SSSR count). The van der Waals surface area contributed by atoms with Gasteiger partial charge >= 0.3 is 0 Å². The van der Waals surface area contributed by atoms with Crippen LogP contribution in [0.4, 0.5) is 20.3 Å². The topological polar surface area (TPSA) is 92.9 Å². The van der Waals surface area contributed by atoms with Crippen molar-refractivity contribution in [2.75, 3.05) is 10.7 Å². The van der Waals surface area contributed by atoms with E-state index >= 15 is 0 Å². The second kappa shape index (κ2) is 6.95. The van der Waals surface area contributed by atoms with Crippen LogP contribution in [0.25, 0.3) is 0 Å². The summed E-state index contributed by atoms with van der Waals surface area (Å²) in [4.78, 5) is 20.0. The van der Waals surface area contributed by atoms with Crippen LogP contribution in [0.3, 0.4) is 0 Å². The average molecular weight is 311 g/mol. The molecule has 6 nitrogen and oxygen atoms in total. The summed E-state index contributed by atoms with van der Waals surface area (Å²) in [6.45, 7) is 0. The molecule has 0 radical (unpaired) electrons. The summed E-state index contributed by atoms with van der Waals surface area (Å²) in [6, 6.07) is 6.27. The Balaban J connectivity index is 2.19. The third kappa shape index (κ3) is 4.10. The molecule has 0 fully saturated rings. The van der Waals surface area contributed by atoms with Crippen molar-refractivity contribution in [1.29, 1.82) is 0 Å². The van der Waals surface area contributed by atoms with Gasteiger partial charge in [0, 0.05) is 4.90 Å². The Morgan fingerprint density at radius 2 is 2.05 bits per heavy atom. The molecule has 1 amide bonds. The highest BCUT2D eigenvalue weighted by Crippen LogP contribution is 2.31. The van der Waals surface area contributed by atoms with Crippen LogP contribution in [0.2, 0.25) is 0 Å². The van der Waals surface area contributed by atoms with E-state index in [1.54, 1.807) is 12.1 Å². The molecule has 4 N–H and O–H groups in total. The molecular formula is C12H11F2N5OS. The van der Waals surface area contributed by atoms with Gasteiger partial charge in [-0.3, -0.25) is 9.78 Å². The number of nitrogens with zero attached hydrogens (tertiary/aromatic N) is 2. The standard InChI is InChI=1S/C12H11F2N5OS/c13-12(14)21-9-4-2-1-3-7(9)18-11(20)8-5-16-6-10(17-8)19-15/h1-6,12H,15H2,(H,17,19)(H,18,20). The zero-order valence-corrected chi connectivity index (χ0v) is 11.4. The zero-order valence-electron chi connectivity index (χ0n) is 10.6. The molecule has 0 saturated heterocycles. The van der Waals surface area contributed by atoms with Crippen molar-refractivity contribution in [2.24, 2.45) is 5.84 Å². The summed E-state index contributed by atoms with van der Waals surface area (Å²) in [5.41, 5.74) is 2.56. The molecule has 9 heteroatoms. The summed E-state index contributed by atoms with van der Waals surface area (Å²) in [6.07, 6.45) is 2.59. The van der Waals surface area contributed by atoms with Crippen molar-refractivity contribution in [3.8, 4) is 0 Å². The second-order valence-electron chi connectivity index (χ2n) is 3.76. The molecule has 2 aromatic rings. The first kappa shape index (κ1) is 15.1. The lowest BCUT2D eigenvalue weighted by molar-refractivity contribution is 0.102.